The zero-order valence-corrected chi connectivity index (χ0v) is 14.3. The monoisotopic (exact) mass is 351 g/mol. The van der Waals surface area contributed by atoms with E-state index in [1.54, 1.807) is 24.0 Å². The van der Waals surface area contributed by atoms with Gasteiger partial charge in [-0.05, 0) is 18.6 Å². The van der Waals surface area contributed by atoms with Crippen LogP contribution in [0.1, 0.15) is 11.1 Å². The van der Waals surface area contributed by atoms with Crippen LogP contribution in [0.3, 0.4) is 0 Å². The van der Waals surface area contributed by atoms with Gasteiger partial charge in [0.05, 0.1) is 37.3 Å². The van der Waals surface area contributed by atoms with Crippen molar-refractivity contribution in [3.8, 4) is 5.75 Å². The average molecular weight is 352 g/mol. The van der Waals surface area contributed by atoms with Gasteiger partial charge in [0.2, 0.25) is 5.91 Å². The Labute approximate surface area is 143 Å². The Morgan fingerprint density at radius 1 is 1.33 bits per heavy atom. The van der Waals surface area contributed by atoms with Crippen LogP contribution in [-0.2, 0) is 16.0 Å². The smallest absolute Gasteiger partial charge is 0.340 e. The Morgan fingerprint density at radius 2 is 2.04 bits per heavy atom. The van der Waals surface area contributed by atoms with Gasteiger partial charge in [-0.15, -0.1) is 0 Å². The zero-order chi connectivity index (χ0) is 17.3. The van der Waals surface area contributed by atoms with Crippen molar-refractivity contribution >= 4 is 28.5 Å². The molecule has 1 aromatic carbocycles. The number of aryl methyl sites for hydroxylation is 1. The normalized spacial score (nSPS) is 14.9. The Kier molecular flexibility index (Phi) is 4.78. The summed E-state index contributed by atoms with van der Waals surface area (Å²) in [6.07, 6.45) is 0.00769. The van der Waals surface area contributed by atoms with Crippen molar-refractivity contribution in [2.45, 2.75) is 13.3 Å². The summed E-state index contributed by atoms with van der Waals surface area (Å²) in [4.78, 5) is 26.4. The Morgan fingerprint density at radius 3 is 2.71 bits per heavy atom. The third kappa shape index (κ3) is 3.12. The lowest BCUT2D eigenvalue weighted by Crippen LogP contribution is -2.42. The summed E-state index contributed by atoms with van der Waals surface area (Å²) in [6.45, 7) is 3.92. The van der Waals surface area contributed by atoms with Crippen molar-refractivity contribution in [2.75, 3.05) is 33.4 Å². The standard InChI is InChI=1S/C17H18ClNO5/c1-10-11-7-13(18)15(22-2)9-14(11)24-17(21)12(10)8-16(20)19-3-5-23-6-4-19/h7,9H,3-6,8H2,1-2H3. The van der Waals surface area contributed by atoms with Crippen LogP contribution in [0.25, 0.3) is 11.0 Å². The lowest BCUT2D eigenvalue weighted by atomic mass is 10.0. The second kappa shape index (κ2) is 6.83. The largest absolute Gasteiger partial charge is 0.495 e. The summed E-state index contributed by atoms with van der Waals surface area (Å²) in [7, 11) is 1.49. The molecule has 2 aromatic rings. The van der Waals surface area contributed by atoms with Crippen molar-refractivity contribution in [3.05, 3.63) is 38.7 Å². The molecule has 6 nitrogen and oxygen atoms in total. The van der Waals surface area contributed by atoms with Gasteiger partial charge in [-0.1, -0.05) is 11.6 Å². The van der Waals surface area contributed by atoms with E-state index in [9.17, 15) is 9.59 Å². The number of methoxy groups -OCH3 is 1. The topological polar surface area (TPSA) is 69.0 Å². The number of ether oxygens (including phenoxy) is 2. The maximum Gasteiger partial charge on any atom is 0.340 e. The molecule has 0 spiro atoms. The van der Waals surface area contributed by atoms with Crippen molar-refractivity contribution < 1.29 is 18.7 Å². The Balaban J connectivity index is 1.99. The number of fused-ring (bicyclic) bond motifs is 1. The van der Waals surface area contributed by atoms with Gasteiger partial charge >= 0.3 is 5.63 Å². The third-order valence-corrected chi connectivity index (χ3v) is 4.55. The van der Waals surface area contributed by atoms with Crippen LogP contribution < -0.4 is 10.4 Å². The highest BCUT2D eigenvalue weighted by atomic mass is 35.5. The molecule has 1 aliphatic heterocycles. The van der Waals surface area contributed by atoms with Crippen molar-refractivity contribution in [3.63, 3.8) is 0 Å². The average Bonchev–Trinajstić information content (AvgIpc) is 2.59. The first kappa shape index (κ1) is 16.8. The van der Waals surface area contributed by atoms with Crippen LogP contribution in [0.4, 0.5) is 0 Å². The number of carbonyl (C=O) groups excluding carboxylic acids is 1. The van der Waals surface area contributed by atoms with Crippen molar-refractivity contribution in [1.82, 2.24) is 4.90 Å². The number of hydrogen-bond acceptors (Lipinski definition) is 5. The van der Waals surface area contributed by atoms with Gasteiger partial charge in [-0.2, -0.15) is 0 Å². The minimum absolute atomic E-state index is 0.00769. The van der Waals surface area contributed by atoms with E-state index in [4.69, 9.17) is 25.5 Å². The van der Waals surface area contributed by atoms with E-state index in [1.165, 1.54) is 7.11 Å². The second-order valence-electron chi connectivity index (χ2n) is 5.65. The molecule has 0 aliphatic carbocycles. The SMILES string of the molecule is COc1cc2oc(=O)c(CC(=O)N3CCOCC3)c(C)c2cc1Cl. The lowest BCUT2D eigenvalue weighted by Gasteiger charge is -2.27. The van der Waals surface area contributed by atoms with Gasteiger partial charge in [0.25, 0.3) is 0 Å². The summed E-state index contributed by atoms with van der Waals surface area (Å²) in [5.41, 5.74) is 0.944. The van der Waals surface area contributed by atoms with Gasteiger partial charge in [-0.3, -0.25) is 4.79 Å². The minimum Gasteiger partial charge on any atom is -0.495 e. The summed E-state index contributed by atoms with van der Waals surface area (Å²) in [5.74, 6) is 0.330. The number of halogens is 1. The summed E-state index contributed by atoms with van der Waals surface area (Å²) in [5, 5.41) is 1.12. The van der Waals surface area contributed by atoms with Crippen LogP contribution in [0.2, 0.25) is 5.02 Å². The van der Waals surface area contributed by atoms with Gasteiger partial charge in [0, 0.05) is 24.5 Å². The first-order valence-corrected chi connectivity index (χ1v) is 8.04. The van der Waals surface area contributed by atoms with Crippen LogP contribution in [0.15, 0.2) is 21.3 Å². The summed E-state index contributed by atoms with van der Waals surface area (Å²) < 4.78 is 15.7. The van der Waals surface area contributed by atoms with E-state index in [1.807, 2.05) is 0 Å². The maximum atomic E-state index is 12.4. The molecule has 0 saturated carbocycles. The molecule has 128 valence electrons. The molecular formula is C17H18ClNO5. The van der Waals surface area contributed by atoms with Crippen LogP contribution in [-0.4, -0.2) is 44.2 Å². The fourth-order valence-corrected chi connectivity index (χ4v) is 3.07. The zero-order valence-electron chi connectivity index (χ0n) is 13.6. The highest BCUT2D eigenvalue weighted by Crippen LogP contribution is 2.31. The number of amides is 1. The molecule has 24 heavy (non-hydrogen) atoms. The molecule has 0 N–H and O–H groups in total. The van der Waals surface area contributed by atoms with Crippen LogP contribution >= 0.6 is 11.6 Å². The number of carbonyl (C=O) groups is 1. The Bertz CT molecular complexity index is 839. The predicted molar refractivity (Wildman–Crippen MR) is 89.9 cm³/mol. The first-order valence-electron chi connectivity index (χ1n) is 7.66. The van der Waals surface area contributed by atoms with E-state index >= 15 is 0 Å². The van der Waals surface area contributed by atoms with Crippen molar-refractivity contribution in [2.24, 2.45) is 0 Å². The molecule has 0 radical (unpaired) electrons. The van der Waals surface area contributed by atoms with Crippen molar-refractivity contribution in [1.29, 1.82) is 0 Å². The van der Waals surface area contributed by atoms with E-state index < -0.39 is 5.63 Å². The molecule has 2 heterocycles. The first-order chi connectivity index (χ1) is 11.5. The van der Waals surface area contributed by atoms with Gasteiger partial charge in [0.1, 0.15) is 11.3 Å². The quantitative estimate of drug-likeness (QED) is 0.793. The molecular weight excluding hydrogens is 334 g/mol. The van der Waals surface area contributed by atoms with Crippen LogP contribution in [0.5, 0.6) is 5.75 Å². The molecule has 1 fully saturated rings. The molecule has 1 aromatic heterocycles. The summed E-state index contributed by atoms with van der Waals surface area (Å²) >= 11 is 6.16. The highest BCUT2D eigenvalue weighted by Gasteiger charge is 2.21. The molecule has 0 bridgehead atoms. The number of nitrogens with zero attached hydrogens (tertiary/aromatic N) is 1. The summed E-state index contributed by atoms with van der Waals surface area (Å²) in [6, 6.07) is 3.27. The fourth-order valence-electron chi connectivity index (χ4n) is 2.83. The lowest BCUT2D eigenvalue weighted by molar-refractivity contribution is -0.134. The maximum absolute atomic E-state index is 12.4. The number of benzene rings is 1. The molecule has 3 rings (SSSR count). The Hall–Kier alpha value is -2.05. The highest BCUT2D eigenvalue weighted by molar-refractivity contribution is 6.32. The van der Waals surface area contributed by atoms with Gasteiger partial charge in [0.15, 0.2) is 0 Å². The molecule has 1 saturated heterocycles. The van der Waals surface area contributed by atoms with E-state index in [0.29, 0.717) is 59.2 Å². The van der Waals surface area contributed by atoms with Gasteiger partial charge in [-0.25, -0.2) is 4.79 Å². The minimum atomic E-state index is -0.508. The number of hydrogen-bond donors (Lipinski definition) is 0. The molecule has 1 amide bonds. The van der Waals surface area contributed by atoms with E-state index in [2.05, 4.69) is 0 Å². The number of morpholine rings is 1. The van der Waals surface area contributed by atoms with E-state index in [-0.39, 0.29) is 12.3 Å². The third-order valence-electron chi connectivity index (χ3n) is 4.25. The molecule has 0 atom stereocenters. The van der Waals surface area contributed by atoms with Gasteiger partial charge < -0.3 is 18.8 Å². The van der Waals surface area contributed by atoms with Crippen LogP contribution in [0, 0.1) is 6.92 Å². The molecule has 0 unspecified atom stereocenters. The molecule has 1 aliphatic rings. The number of rotatable bonds is 3. The van der Waals surface area contributed by atoms with E-state index in [0.717, 1.165) is 0 Å². The fraction of sp³-hybridized carbons (Fsp3) is 0.412. The second-order valence-corrected chi connectivity index (χ2v) is 6.05. The molecule has 7 heteroatoms. The predicted octanol–water partition coefficient (Wildman–Crippen LogP) is 2.16.